The molecule has 1 N–H and O–H groups in total. The van der Waals surface area contributed by atoms with Crippen LogP contribution in [0, 0.1) is 17.6 Å². The largest absolute Gasteiger partial charge is 0.352 e. The molecule has 1 fully saturated rings. The minimum Gasteiger partial charge on any atom is -0.352 e. The Morgan fingerprint density at radius 1 is 1.15 bits per heavy atom. The number of hydrogen-bond donors (Lipinski definition) is 1. The van der Waals surface area contributed by atoms with Crippen LogP contribution in [0.25, 0.3) is 0 Å². The number of hydrogen-bond acceptors (Lipinski definition) is 2. The molecule has 2 aromatic carbocycles. The highest BCUT2D eigenvalue weighted by Crippen LogP contribution is 2.19. The van der Waals surface area contributed by atoms with Crippen molar-refractivity contribution in [2.75, 3.05) is 13.1 Å². The molecule has 1 aliphatic heterocycles. The first-order chi connectivity index (χ1) is 12.5. The molecule has 26 heavy (non-hydrogen) atoms. The quantitative estimate of drug-likeness (QED) is 0.863. The number of rotatable bonds is 6. The number of nitrogens with one attached hydrogen (secondary N) is 1. The molecule has 0 saturated carbocycles. The Kier molecular flexibility index (Phi) is 5.61. The molecule has 1 atom stereocenters. The second-order valence-corrected chi connectivity index (χ2v) is 6.43. The van der Waals surface area contributed by atoms with Gasteiger partial charge in [-0.25, -0.2) is 8.78 Å². The van der Waals surface area contributed by atoms with Gasteiger partial charge in [0.15, 0.2) is 0 Å². The number of carbonyl (C=O) groups is 2. The average Bonchev–Trinajstić information content (AvgIpc) is 3.02. The van der Waals surface area contributed by atoms with Crippen molar-refractivity contribution in [1.82, 2.24) is 10.2 Å². The highest BCUT2D eigenvalue weighted by atomic mass is 19.1. The van der Waals surface area contributed by atoms with Crippen LogP contribution < -0.4 is 5.32 Å². The summed E-state index contributed by atoms with van der Waals surface area (Å²) < 4.78 is 26.8. The van der Waals surface area contributed by atoms with Crippen LogP contribution in [-0.2, 0) is 22.6 Å². The van der Waals surface area contributed by atoms with E-state index in [0.29, 0.717) is 13.1 Å². The molecule has 2 aromatic rings. The van der Waals surface area contributed by atoms with Crippen molar-refractivity contribution >= 4 is 11.8 Å². The third-order valence-electron chi connectivity index (χ3n) is 4.56. The van der Waals surface area contributed by atoms with Gasteiger partial charge in [-0.15, -0.1) is 0 Å². The average molecular weight is 358 g/mol. The molecule has 0 bridgehead atoms. The molecule has 4 nitrogen and oxygen atoms in total. The van der Waals surface area contributed by atoms with Crippen LogP contribution in [0.3, 0.4) is 0 Å². The zero-order chi connectivity index (χ0) is 18.5. The summed E-state index contributed by atoms with van der Waals surface area (Å²) in [6.45, 7) is 0.811. The van der Waals surface area contributed by atoms with E-state index in [9.17, 15) is 18.4 Å². The van der Waals surface area contributed by atoms with Crippen molar-refractivity contribution in [2.45, 2.75) is 19.4 Å². The molecular weight excluding hydrogens is 338 g/mol. The summed E-state index contributed by atoms with van der Waals surface area (Å²) in [6, 6.07) is 12.9. The van der Waals surface area contributed by atoms with Gasteiger partial charge in [0.2, 0.25) is 11.8 Å². The summed E-state index contributed by atoms with van der Waals surface area (Å²) in [5.74, 6) is -1.96. The third kappa shape index (κ3) is 4.45. The summed E-state index contributed by atoms with van der Waals surface area (Å²) in [6.07, 6.45) is 0.877. The van der Waals surface area contributed by atoms with Crippen molar-refractivity contribution in [3.8, 4) is 0 Å². The Balaban J connectivity index is 1.51. The number of carbonyl (C=O) groups excluding carboxylic acids is 2. The summed E-state index contributed by atoms with van der Waals surface area (Å²) in [4.78, 5) is 26.1. The third-order valence-corrected chi connectivity index (χ3v) is 4.56. The summed E-state index contributed by atoms with van der Waals surface area (Å²) in [7, 11) is 0. The van der Waals surface area contributed by atoms with Crippen molar-refractivity contribution in [1.29, 1.82) is 0 Å². The zero-order valence-corrected chi connectivity index (χ0v) is 14.3. The number of benzene rings is 2. The van der Waals surface area contributed by atoms with E-state index in [1.54, 1.807) is 4.90 Å². The lowest BCUT2D eigenvalue weighted by Gasteiger charge is -2.16. The lowest BCUT2D eigenvalue weighted by atomic mass is 10.1. The Bertz CT molecular complexity index is 796. The fourth-order valence-electron chi connectivity index (χ4n) is 3.08. The van der Waals surface area contributed by atoms with E-state index in [0.717, 1.165) is 30.2 Å². The van der Waals surface area contributed by atoms with Crippen molar-refractivity contribution in [2.24, 2.45) is 5.92 Å². The van der Waals surface area contributed by atoms with Crippen LogP contribution in [0.4, 0.5) is 8.78 Å². The first-order valence-corrected chi connectivity index (χ1v) is 8.56. The van der Waals surface area contributed by atoms with Gasteiger partial charge in [0.1, 0.15) is 11.6 Å². The Morgan fingerprint density at radius 2 is 1.92 bits per heavy atom. The molecule has 2 amide bonds. The topological polar surface area (TPSA) is 49.4 Å². The van der Waals surface area contributed by atoms with E-state index < -0.39 is 17.6 Å². The van der Waals surface area contributed by atoms with Crippen molar-refractivity contribution in [3.63, 3.8) is 0 Å². The second-order valence-electron chi connectivity index (χ2n) is 6.43. The predicted molar refractivity (Wildman–Crippen MR) is 93.0 cm³/mol. The molecular formula is C20H20F2N2O2. The number of halogens is 2. The molecule has 0 aromatic heterocycles. The van der Waals surface area contributed by atoms with Crippen molar-refractivity contribution < 1.29 is 18.4 Å². The van der Waals surface area contributed by atoms with Gasteiger partial charge >= 0.3 is 0 Å². The Morgan fingerprint density at radius 3 is 2.69 bits per heavy atom. The molecule has 0 unspecified atom stereocenters. The standard InChI is InChI=1S/C20H20F2N2O2/c21-17-6-7-18(22)15(10-17)12-23-20(26)16-11-19(25)24(13-16)9-8-14-4-2-1-3-5-14/h1-7,10,16H,8-9,11-13H2,(H,23,26)/t16-/m1/s1. The monoisotopic (exact) mass is 358 g/mol. The van der Waals surface area contributed by atoms with Gasteiger partial charge < -0.3 is 10.2 Å². The van der Waals surface area contributed by atoms with E-state index in [-0.39, 0.29) is 30.3 Å². The minimum absolute atomic E-state index is 0.0574. The van der Waals surface area contributed by atoms with Gasteiger partial charge in [0, 0.05) is 31.6 Å². The lowest BCUT2D eigenvalue weighted by molar-refractivity contribution is -0.129. The second kappa shape index (κ2) is 8.08. The van der Waals surface area contributed by atoms with Crippen LogP contribution >= 0.6 is 0 Å². The molecule has 3 rings (SSSR count). The smallest absolute Gasteiger partial charge is 0.225 e. The molecule has 0 aliphatic carbocycles. The molecule has 1 heterocycles. The maximum absolute atomic E-state index is 13.6. The van der Waals surface area contributed by atoms with E-state index >= 15 is 0 Å². The maximum atomic E-state index is 13.6. The van der Waals surface area contributed by atoms with E-state index in [1.807, 2.05) is 30.3 Å². The molecule has 136 valence electrons. The molecule has 1 aliphatic rings. The zero-order valence-electron chi connectivity index (χ0n) is 14.3. The van der Waals surface area contributed by atoms with Gasteiger partial charge in [0.25, 0.3) is 0 Å². The van der Waals surface area contributed by atoms with E-state index in [4.69, 9.17) is 0 Å². The van der Waals surface area contributed by atoms with Crippen LogP contribution in [0.2, 0.25) is 0 Å². The van der Waals surface area contributed by atoms with Gasteiger partial charge in [-0.2, -0.15) is 0 Å². The minimum atomic E-state index is -0.571. The van der Waals surface area contributed by atoms with Crippen LogP contribution in [0.15, 0.2) is 48.5 Å². The highest BCUT2D eigenvalue weighted by Gasteiger charge is 2.33. The Labute approximate surface area is 150 Å². The van der Waals surface area contributed by atoms with Crippen LogP contribution in [-0.4, -0.2) is 29.8 Å². The number of likely N-dealkylation sites (tertiary alicyclic amines) is 1. The van der Waals surface area contributed by atoms with Gasteiger partial charge in [-0.05, 0) is 30.2 Å². The first-order valence-electron chi connectivity index (χ1n) is 8.56. The van der Waals surface area contributed by atoms with Gasteiger partial charge in [0.05, 0.1) is 5.92 Å². The number of amides is 2. The fourth-order valence-corrected chi connectivity index (χ4v) is 3.08. The number of nitrogens with zero attached hydrogens (tertiary/aromatic N) is 1. The summed E-state index contributed by atoms with van der Waals surface area (Å²) in [5, 5.41) is 2.60. The summed E-state index contributed by atoms with van der Waals surface area (Å²) in [5.41, 5.74) is 1.22. The Hall–Kier alpha value is -2.76. The maximum Gasteiger partial charge on any atom is 0.225 e. The summed E-state index contributed by atoms with van der Waals surface area (Å²) >= 11 is 0. The van der Waals surface area contributed by atoms with Gasteiger partial charge in [-0.3, -0.25) is 9.59 Å². The first kappa shape index (κ1) is 18.0. The van der Waals surface area contributed by atoms with Crippen LogP contribution in [0.1, 0.15) is 17.5 Å². The van der Waals surface area contributed by atoms with Crippen molar-refractivity contribution in [3.05, 3.63) is 71.3 Å². The molecule has 1 saturated heterocycles. The lowest BCUT2D eigenvalue weighted by Crippen LogP contribution is -2.33. The van der Waals surface area contributed by atoms with E-state index in [1.165, 1.54) is 0 Å². The molecule has 0 radical (unpaired) electrons. The normalized spacial score (nSPS) is 16.8. The molecule has 0 spiro atoms. The SMILES string of the molecule is O=C(NCc1cc(F)ccc1F)[C@@H]1CC(=O)N(CCc2ccccc2)C1. The van der Waals surface area contributed by atoms with Gasteiger partial charge in [-0.1, -0.05) is 30.3 Å². The molecule has 6 heteroatoms. The highest BCUT2D eigenvalue weighted by molar-refractivity contribution is 5.89. The van der Waals surface area contributed by atoms with Crippen LogP contribution in [0.5, 0.6) is 0 Å². The fraction of sp³-hybridized carbons (Fsp3) is 0.300. The van der Waals surface area contributed by atoms with E-state index in [2.05, 4.69) is 5.32 Å². The predicted octanol–water partition coefficient (Wildman–Crippen LogP) is 2.67.